The first-order valence-corrected chi connectivity index (χ1v) is 9.27. The first-order chi connectivity index (χ1) is 12.8. The van der Waals surface area contributed by atoms with E-state index in [4.69, 9.17) is 0 Å². The second kappa shape index (κ2) is 8.15. The van der Waals surface area contributed by atoms with Gasteiger partial charge in [0, 0.05) is 25.2 Å². The van der Waals surface area contributed by atoms with Gasteiger partial charge in [0.05, 0.1) is 11.5 Å². The lowest BCUT2D eigenvalue weighted by Gasteiger charge is -2.19. The van der Waals surface area contributed by atoms with Gasteiger partial charge in [-0.15, -0.1) is 0 Å². The number of rotatable bonds is 5. The molecule has 1 N–H and O–H groups in total. The van der Waals surface area contributed by atoms with Crippen molar-refractivity contribution in [1.82, 2.24) is 4.90 Å². The zero-order valence-corrected chi connectivity index (χ0v) is 15.0. The zero-order chi connectivity index (χ0) is 19.4. The normalized spacial score (nSPS) is 20.6. The predicted molar refractivity (Wildman–Crippen MR) is 95.9 cm³/mol. The van der Waals surface area contributed by atoms with Crippen molar-refractivity contribution in [2.45, 2.75) is 44.7 Å². The fraction of sp³-hybridized carbons (Fsp3) is 0.500. The second-order valence-electron chi connectivity index (χ2n) is 7.16. The number of hydrogen-bond donors (Lipinski definition) is 1. The van der Waals surface area contributed by atoms with Crippen molar-refractivity contribution < 1.29 is 22.8 Å². The molecule has 0 saturated carbocycles. The van der Waals surface area contributed by atoms with Crippen molar-refractivity contribution in [2.24, 2.45) is 5.92 Å². The molecule has 1 atom stereocenters. The molecule has 146 valence electrons. The second-order valence-corrected chi connectivity index (χ2v) is 7.16. The lowest BCUT2D eigenvalue weighted by atomic mass is 9.97. The Morgan fingerprint density at radius 2 is 1.93 bits per heavy atom. The Labute approximate surface area is 156 Å². The minimum atomic E-state index is -4.41. The average molecular weight is 380 g/mol. The van der Waals surface area contributed by atoms with Gasteiger partial charge in [-0.2, -0.15) is 13.2 Å². The number of nitrogens with one attached hydrogen (secondary N) is 1. The van der Waals surface area contributed by atoms with E-state index in [0.29, 0.717) is 18.8 Å². The molecule has 1 aliphatic heterocycles. The first-order valence-electron chi connectivity index (χ1n) is 9.27. The maximum absolute atomic E-state index is 12.6. The standard InChI is InChI=1S/C20H23F3N2O2/c21-20(22,23)16-6-8-17(9-7-16)24-19(27)15-12-18(26)25(13-15)11-10-14-4-2-1-3-5-14/h4,6-9,15H,1-3,5,10-13H2,(H,24,27). The number of benzene rings is 1. The Balaban J connectivity index is 1.52. The molecule has 1 unspecified atom stereocenters. The molecule has 0 bridgehead atoms. The molecule has 0 spiro atoms. The van der Waals surface area contributed by atoms with Gasteiger partial charge in [0.25, 0.3) is 0 Å². The average Bonchev–Trinajstić information content (AvgIpc) is 3.01. The summed E-state index contributed by atoms with van der Waals surface area (Å²) in [7, 11) is 0. The molecular weight excluding hydrogens is 357 g/mol. The van der Waals surface area contributed by atoms with Gasteiger partial charge in [-0.1, -0.05) is 11.6 Å². The molecule has 3 rings (SSSR count). The summed E-state index contributed by atoms with van der Waals surface area (Å²) < 4.78 is 37.8. The van der Waals surface area contributed by atoms with Crippen LogP contribution in [0, 0.1) is 5.92 Å². The number of anilines is 1. The molecule has 2 amide bonds. The number of carbonyl (C=O) groups is 2. The summed E-state index contributed by atoms with van der Waals surface area (Å²) in [6, 6.07) is 4.31. The summed E-state index contributed by atoms with van der Waals surface area (Å²) in [5, 5.41) is 2.61. The maximum atomic E-state index is 12.6. The number of carbonyl (C=O) groups excluding carboxylic acids is 2. The largest absolute Gasteiger partial charge is 0.416 e. The topological polar surface area (TPSA) is 49.4 Å². The van der Waals surface area contributed by atoms with Gasteiger partial charge in [-0.05, 0) is 56.4 Å². The third-order valence-corrected chi connectivity index (χ3v) is 5.15. The van der Waals surface area contributed by atoms with E-state index < -0.39 is 17.7 Å². The molecule has 1 aliphatic carbocycles. The quantitative estimate of drug-likeness (QED) is 0.771. The van der Waals surface area contributed by atoms with Crippen molar-refractivity contribution in [3.63, 3.8) is 0 Å². The van der Waals surface area contributed by atoms with Crippen LogP contribution in [0.15, 0.2) is 35.9 Å². The highest BCUT2D eigenvalue weighted by Gasteiger charge is 2.34. The van der Waals surface area contributed by atoms with Gasteiger partial charge in [0.1, 0.15) is 0 Å². The van der Waals surface area contributed by atoms with E-state index in [1.807, 2.05) is 0 Å². The van der Waals surface area contributed by atoms with Crippen molar-refractivity contribution in [2.75, 3.05) is 18.4 Å². The van der Waals surface area contributed by atoms with Gasteiger partial charge < -0.3 is 10.2 Å². The van der Waals surface area contributed by atoms with Gasteiger partial charge in [-0.25, -0.2) is 0 Å². The van der Waals surface area contributed by atoms with Gasteiger partial charge in [0.15, 0.2) is 0 Å². The summed E-state index contributed by atoms with van der Waals surface area (Å²) in [4.78, 5) is 26.3. The van der Waals surface area contributed by atoms with E-state index >= 15 is 0 Å². The molecule has 1 fully saturated rings. The fourth-order valence-corrected chi connectivity index (χ4v) is 3.56. The van der Waals surface area contributed by atoms with Crippen LogP contribution in [0.1, 0.15) is 44.1 Å². The van der Waals surface area contributed by atoms with E-state index in [-0.39, 0.29) is 18.2 Å². The molecule has 1 heterocycles. The van der Waals surface area contributed by atoms with Crippen molar-refractivity contribution in [1.29, 1.82) is 0 Å². The van der Waals surface area contributed by atoms with Crippen LogP contribution >= 0.6 is 0 Å². The Hall–Kier alpha value is -2.31. The predicted octanol–water partition coefficient (Wildman–Crippen LogP) is 4.38. The Bertz CT molecular complexity index is 726. The molecule has 4 nitrogen and oxygen atoms in total. The summed E-state index contributed by atoms with van der Waals surface area (Å²) in [6.07, 6.45) is 3.43. The van der Waals surface area contributed by atoms with E-state index in [0.717, 1.165) is 31.4 Å². The zero-order valence-electron chi connectivity index (χ0n) is 15.0. The molecule has 7 heteroatoms. The number of allylic oxidation sites excluding steroid dienone is 1. The molecule has 1 aromatic carbocycles. The Kier molecular flexibility index (Phi) is 5.87. The van der Waals surface area contributed by atoms with Crippen LogP contribution in [0.4, 0.5) is 18.9 Å². The molecule has 27 heavy (non-hydrogen) atoms. The van der Waals surface area contributed by atoms with Crippen molar-refractivity contribution in [3.8, 4) is 0 Å². The van der Waals surface area contributed by atoms with Crippen molar-refractivity contribution in [3.05, 3.63) is 41.5 Å². The van der Waals surface area contributed by atoms with E-state index in [1.165, 1.54) is 30.5 Å². The number of halogens is 3. The summed E-state index contributed by atoms with van der Waals surface area (Å²) in [5.41, 5.74) is 0.915. The van der Waals surface area contributed by atoms with Crippen LogP contribution in [-0.2, 0) is 15.8 Å². The highest BCUT2D eigenvalue weighted by atomic mass is 19.4. The minimum absolute atomic E-state index is 0.0426. The highest BCUT2D eigenvalue weighted by molar-refractivity contribution is 5.97. The number of alkyl halides is 3. The molecule has 1 saturated heterocycles. The van der Waals surface area contributed by atoms with Crippen LogP contribution in [0.3, 0.4) is 0 Å². The van der Waals surface area contributed by atoms with Gasteiger partial charge >= 0.3 is 6.18 Å². The minimum Gasteiger partial charge on any atom is -0.342 e. The lowest BCUT2D eigenvalue weighted by molar-refractivity contribution is -0.137. The van der Waals surface area contributed by atoms with E-state index in [9.17, 15) is 22.8 Å². The Morgan fingerprint density at radius 3 is 2.56 bits per heavy atom. The summed E-state index contributed by atoms with van der Waals surface area (Å²) >= 11 is 0. The van der Waals surface area contributed by atoms with Crippen LogP contribution in [0.2, 0.25) is 0 Å². The Morgan fingerprint density at radius 1 is 1.19 bits per heavy atom. The van der Waals surface area contributed by atoms with E-state index in [1.54, 1.807) is 4.90 Å². The lowest BCUT2D eigenvalue weighted by Crippen LogP contribution is -2.29. The molecule has 0 aromatic heterocycles. The SMILES string of the molecule is O=C(Nc1ccc(C(F)(F)F)cc1)C1CC(=O)N(CCC2=CCCCC2)C1. The number of likely N-dealkylation sites (tertiary alicyclic amines) is 1. The van der Waals surface area contributed by atoms with Gasteiger partial charge in [-0.3, -0.25) is 9.59 Å². The van der Waals surface area contributed by atoms with Crippen LogP contribution in [0.5, 0.6) is 0 Å². The summed E-state index contributed by atoms with van der Waals surface area (Å²) in [6.45, 7) is 0.979. The van der Waals surface area contributed by atoms with Crippen LogP contribution in [-0.4, -0.2) is 29.8 Å². The van der Waals surface area contributed by atoms with Crippen LogP contribution < -0.4 is 5.32 Å². The fourth-order valence-electron chi connectivity index (χ4n) is 3.56. The third-order valence-electron chi connectivity index (χ3n) is 5.15. The third kappa shape index (κ3) is 5.11. The van der Waals surface area contributed by atoms with Crippen molar-refractivity contribution >= 4 is 17.5 Å². The number of amides is 2. The van der Waals surface area contributed by atoms with Gasteiger partial charge in [0.2, 0.25) is 11.8 Å². The summed E-state index contributed by atoms with van der Waals surface area (Å²) in [5.74, 6) is -0.846. The first kappa shape index (κ1) is 19.5. The molecule has 1 aromatic rings. The number of nitrogens with zero attached hydrogens (tertiary/aromatic N) is 1. The van der Waals surface area contributed by atoms with Crippen LogP contribution in [0.25, 0.3) is 0 Å². The smallest absolute Gasteiger partial charge is 0.342 e. The van der Waals surface area contributed by atoms with E-state index in [2.05, 4.69) is 11.4 Å². The highest BCUT2D eigenvalue weighted by Crippen LogP contribution is 2.30. The molecular formula is C20H23F3N2O2. The molecule has 0 radical (unpaired) electrons. The molecule has 2 aliphatic rings. The maximum Gasteiger partial charge on any atom is 0.416 e. The monoisotopic (exact) mass is 380 g/mol. The number of hydrogen-bond acceptors (Lipinski definition) is 2.